The number of hydrogen-bond donors (Lipinski definition) is 2. The second kappa shape index (κ2) is 6.01. The second-order valence-corrected chi connectivity index (χ2v) is 6.36. The Labute approximate surface area is 124 Å². The van der Waals surface area contributed by atoms with Gasteiger partial charge in [0.2, 0.25) is 0 Å². The molecule has 0 aliphatic carbocycles. The van der Waals surface area contributed by atoms with Gasteiger partial charge in [0, 0.05) is 39.1 Å². The molecular weight excluding hydrogens is 288 g/mol. The third kappa shape index (κ3) is 3.63. The van der Waals surface area contributed by atoms with Gasteiger partial charge >= 0.3 is 0 Å². The summed E-state index contributed by atoms with van der Waals surface area (Å²) in [6, 6.07) is 10.1. The van der Waals surface area contributed by atoms with Crippen LogP contribution in [0.5, 0.6) is 0 Å². The number of anilines is 3. The maximum atomic E-state index is 12.4. The molecule has 2 rings (SSSR count). The van der Waals surface area contributed by atoms with E-state index in [0.29, 0.717) is 11.5 Å². The third-order valence-electron chi connectivity index (χ3n) is 2.91. The summed E-state index contributed by atoms with van der Waals surface area (Å²) in [7, 11) is 1.85. The summed E-state index contributed by atoms with van der Waals surface area (Å²) in [4.78, 5) is 6.08. The highest BCUT2D eigenvalue weighted by Crippen LogP contribution is 2.21. The summed E-state index contributed by atoms with van der Waals surface area (Å²) in [5.74, 6) is 0.500. The molecule has 112 valence electrons. The van der Waals surface area contributed by atoms with Crippen molar-refractivity contribution in [3.05, 3.63) is 42.6 Å². The minimum Gasteiger partial charge on any atom is -0.378 e. The molecule has 0 spiro atoms. The van der Waals surface area contributed by atoms with Crippen LogP contribution in [0.4, 0.5) is 17.2 Å². The van der Waals surface area contributed by atoms with E-state index >= 15 is 0 Å². The van der Waals surface area contributed by atoms with Crippen LogP contribution in [0.25, 0.3) is 0 Å². The summed E-state index contributed by atoms with van der Waals surface area (Å²) < 4.78 is 27.3. The number of aromatic nitrogens is 1. The van der Waals surface area contributed by atoms with Crippen molar-refractivity contribution in [1.82, 2.24) is 4.98 Å². The molecule has 0 aliphatic heterocycles. The Hall–Kier alpha value is -2.28. The van der Waals surface area contributed by atoms with Crippen LogP contribution in [0.3, 0.4) is 0 Å². The van der Waals surface area contributed by atoms with Crippen LogP contribution >= 0.6 is 0 Å². The van der Waals surface area contributed by atoms with Crippen LogP contribution < -0.4 is 14.9 Å². The minimum atomic E-state index is -3.64. The molecule has 1 aromatic carbocycles. The van der Waals surface area contributed by atoms with Crippen molar-refractivity contribution < 1.29 is 8.42 Å². The first-order valence-corrected chi connectivity index (χ1v) is 7.85. The number of pyridine rings is 1. The lowest BCUT2D eigenvalue weighted by Gasteiger charge is -2.14. The Morgan fingerprint density at radius 1 is 1.14 bits per heavy atom. The smallest absolute Gasteiger partial charge is 0.262 e. The molecular formula is C14H18N4O2S. The van der Waals surface area contributed by atoms with Crippen molar-refractivity contribution in [1.29, 1.82) is 0 Å². The molecule has 21 heavy (non-hydrogen) atoms. The van der Waals surface area contributed by atoms with Gasteiger partial charge in [-0.25, -0.2) is 13.4 Å². The molecule has 6 nitrogen and oxygen atoms in total. The average molecular weight is 306 g/mol. The lowest BCUT2D eigenvalue weighted by Crippen LogP contribution is -2.14. The fraction of sp³-hybridized carbons (Fsp3) is 0.214. The first-order chi connectivity index (χ1) is 9.92. The van der Waals surface area contributed by atoms with Gasteiger partial charge in [-0.05, 0) is 24.3 Å². The molecule has 7 heteroatoms. The number of rotatable bonds is 5. The van der Waals surface area contributed by atoms with Gasteiger partial charge in [-0.3, -0.25) is 4.72 Å². The van der Waals surface area contributed by atoms with E-state index in [1.165, 1.54) is 18.3 Å². The minimum absolute atomic E-state index is 0.164. The summed E-state index contributed by atoms with van der Waals surface area (Å²) in [5, 5.41) is 2.82. The second-order valence-electron chi connectivity index (χ2n) is 4.68. The quantitative estimate of drug-likeness (QED) is 0.883. The van der Waals surface area contributed by atoms with Crippen LogP contribution in [0, 0.1) is 0 Å². The average Bonchev–Trinajstić information content (AvgIpc) is 2.47. The first kappa shape index (κ1) is 15.1. The van der Waals surface area contributed by atoms with E-state index in [9.17, 15) is 8.42 Å². The molecule has 0 saturated carbocycles. The van der Waals surface area contributed by atoms with Gasteiger partial charge in [0.15, 0.2) is 0 Å². The van der Waals surface area contributed by atoms with Crippen molar-refractivity contribution in [2.45, 2.75) is 4.90 Å². The molecule has 1 heterocycles. The molecule has 0 fully saturated rings. The Bertz CT molecular complexity index is 729. The number of nitrogens with zero attached hydrogens (tertiary/aromatic N) is 2. The lowest BCUT2D eigenvalue weighted by atomic mass is 10.3. The summed E-state index contributed by atoms with van der Waals surface area (Å²) in [6.07, 6.45) is 1.45. The summed E-state index contributed by atoms with van der Waals surface area (Å²) in [6.45, 7) is 0. The molecule has 2 aromatic rings. The van der Waals surface area contributed by atoms with Gasteiger partial charge in [-0.15, -0.1) is 0 Å². The van der Waals surface area contributed by atoms with Crippen molar-refractivity contribution in [3.63, 3.8) is 0 Å². The maximum absolute atomic E-state index is 12.4. The predicted molar refractivity (Wildman–Crippen MR) is 85.4 cm³/mol. The van der Waals surface area contributed by atoms with Crippen molar-refractivity contribution in [2.24, 2.45) is 0 Å². The van der Waals surface area contributed by atoms with Gasteiger partial charge in [0.05, 0.1) is 10.6 Å². The molecule has 0 radical (unpaired) electrons. The van der Waals surface area contributed by atoms with E-state index in [0.717, 1.165) is 5.69 Å². The highest BCUT2D eigenvalue weighted by molar-refractivity contribution is 7.92. The maximum Gasteiger partial charge on any atom is 0.262 e. The molecule has 1 aromatic heterocycles. The molecule has 0 aliphatic rings. The van der Waals surface area contributed by atoms with Gasteiger partial charge in [-0.2, -0.15) is 0 Å². The Morgan fingerprint density at radius 2 is 1.90 bits per heavy atom. The van der Waals surface area contributed by atoms with Crippen LogP contribution in [0.1, 0.15) is 0 Å². The standard InChI is InChI=1S/C14H18N4O2S/c1-15-14-10-13(7-8-16-14)21(19,20)17-11-5-4-6-12(9-11)18(2)3/h4-10,17H,1-3H3,(H,15,16). The number of nitrogens with one attached hydrogen (secondary N) is 2. The summed E-state index contributed by atoms with van der Waals surface area (Å²) >= 11 is 0. The fourth-order valence-electron chi connectivity index (χ4n) is 1.78. The SMILES string of the molecule is CNc1cc(S(=O)(=O)Nc2cccc(N(C)C)c2)ccn1. The Balaban J connectivity index is 2.30. The van der Waals surface area contributed by atoms with E-state index in [4.69, 9.17) is 0 Å². The Morgan fingerprint density at radius 3 is 2.57 bits per heavy atom. The molecule has 0 amide bonds. The number of benzene rings is 1. The molecule has 0 saturated heterocycles. The zero-order valence-electron chi connectivity index (χ0n) is 12.2. The summed E-state index contributed by atoms with van der Waals surface area (Å²) in [5.41, 5.74) is 1.44. The zero-order chi connectivity index (χ0) is 15.5. The largest absolute Gasteiger partial charge is 0.378 e. The van der Waals surface area contributed by atoms with Crippen LogP contribution in [-0.2, 0) is 10.0 Å². The molecule has 0 unspecified atom stereocenters. The molecule has 0 atom stereocenters. The number of hydrogen-bond acceptors (Lipinski definition) is 5. The van der Waals surface area contributed by atoms with E-state index in [1.807, 2.05) is 25.1 Å². The van der Waals surface area contributed by atoms with Crippen molar-refractivity contribution >= 4 is 27.2 Å². The van der Waals surface area contributed by atoms with Crippen molar-refractivity contribution in [2.75, 3.05) is 36.1 Å². The topological polar surface area (TPSA) is 74.3 Å². The monoisotopic (exact) mass is 306 g/mol. The first-order valence-electron chi connectivity index (χ1n) is 6.36. The van der Waals surface area contributed by atoms with Gasteiger partial charge in [0.25, 0.3) is 10.0 Å². The Kier molecular flexibility index (Phi) is 4.32. The van der Waals surface area contributed by atoms with Crippen LogP contribution in [0.2, 0.25) is 0 Å². The molecule has 0 bridgehead atoms. The van der Waals surface area contributed by atoms with E-state index in [1.54, 1.807) is 25.2 Å². The van der Waals surface area contributed by atoms with Crippen molar-refractivity contribution in [3.8, 4) is 0 Å². The highest BCUT2D eigenvalue weighted by Gasteiger charge is 2.15. The fourth-order valence-corrected chi connectivity index (χ4v) is 2.84. The normalized spacial score (nSPS) is 11.0. The lowest BCUT2D eigenvalue weighted by molar-refractivity contribution is 0.601. The van der Waals surface area contributed by atoms with Gasteiger partial charge in [0.1, 0.15) is 5.82 Å². The van der Waals surface area contributed by atoms with Crippen LogP contribution in [0.15, 0.2) is 47.5 Å². The van der Waals surface area contributed by atoms with Gasteiger partial charge in [-0.1, -0.05) is 6.07 Å². The van der Waals surface area contributed by atoms with E-state index in [-0.39, 0.29) is 4.90 Å². The predicted octanol–water partition coefficient (Wildman–Crippen LogP) is 1.99. The van der Waals surface area contributed by atoms with E-state index < -0.39 is 10.0 Å². The van der Waals surface area contributed by atoms with Crippen LogP contribution in [-0.4, -0.2) is 34.5 Å². The zero-order valence-corrected chi connectivity index (χ0v) is 13.0. The highest BCUT2D eigenvalue weighted by atomic mass is 32.2. The van der Waals surface area contributed by atoms with Gasteiger partial charge < -0.3 is 10.2 Å². The molecule has 2 N–H and O–H groups in total. The van der Waals surface area contributed by atoms with E-state index in [2.05, 4.69) is 15.0 Å². The third-order valence-corrected chi connectivity index (χ3v) is 4.29. The number of sulfonamides is 1.